The lowest BCUT2D eigenvalue weighted by Gasteiger charge is -2.17. The predicted molar refractivity (Wildman–Crippen MR) is 76.6 cm³/mol. The first kappa shape index (κ1) is 11.2. The molecule has 0 aromatic heterocycles. The number of nitrogens with one attached hydrogen (secondary N) is 1. The fraction of sp³-hybridized carbons (Fsp3) is 0.143. The second-order valence-electron chi connectivity index (χ2n) is 4.34. The minimum atomic E-state index is -0.253. The van der Waals surface area contributed by atoms with Gasteiger partial charge < -0.3 is 5.32 Å². The van der Waals surface area contributed by atoms with Crippen LogP contribution in [0.1, 0.15) is 6.92 Å². The van der Waals surface area contributed by atoms with Gasteiger partial charge in [-0.15, -0.1) is 0 Å². The van der Waals surface area contributed by atoms with Gasteiger partial charge in [0, 0.05) is 5.39 Å². The highest BCUT2D eigenvalue weighted by atomic mass is 32.1. The third-order valence-electron chi connectivity index (χ3n) is 3.14. The summed E-state index contributed by atoms with van der Waals surface area (Å²) < 4.78 is 0. The largest absolute Gasteiger partial charge is 0.350 e. The van der Waals surface area contributed by atoms with Crippen LogP contribution < -0.4 is 10.2 Å². The number of rotatable bonds is 1. The van der Waals surface area contributed by atoms with E-state index in [-0.39, 0.29) is 11.9 Å². The molecule has 0 radical (unpaired) electrons. The zero-order valence-electron chi connectivity index (χ0n) is 9.88. The summed E-state index contributed by atoms with van der Waals surface area (Å²) in [7, 11) is 0. The van der Waals surface area contributed by atoms with Crippen molar-refractivity contribution in [1.29, 1.82) is 0 Å². The number of anilines is 1. The van der Waals surface area contributed by atoms with E-state index in [1.165, 1.54) is 0 Å². The van der Waals surface area contributed by atoms with Crippen molar-refractivity contribution in [3.05, 3.63) is 42.5 Å². The highest BCUT2D eigenvalue weighted by Gasteiger charge is 2.33. The fourth-order valence-electron chi connectivity index (χ4n) is 2.24. The molecule has 4 heteroatoms. The Morgan fingerprint density at radius 2 is 1.89 bits per heavy atom. The topological polar surface area (TPSA) is 32.3 Å². The first-order valence-corrected chi connectivity index (χ1v) is 6.21. The number of hydrogen-bond donors (Lipinski definition) is 1. The zero-order chi connectivity index (χ0) is 12.7. The average Bonchev–Trinajstić information content (AvgIpc) is 2.63. The van der Waals surface area contributed by atoms with Crippen molar-refractivity contribution in [1.82, 2.24) is 5.32 Å². The molecule has 1 fully saturated rings. The first-order chi connectivity index (χ1) is 8.68. The number of thiocarbonyl (C=S) groups is 1. The Kier molecular flexibility index (Phi) is 2.52. The number of carbonyl (C=O) groups is 1. The molecule has 0 saturated carbocycles. The minimum absolute atomic E-state index is 0.00338. The molecule has 0 aliphatic carbocycles. The van der Waals surface area contributed by atoms with Crippen molar-refractivity contribution in [2.45, 2.75) is 13.0 Å². The monoisotopic (exact) mass is 256 g/mol. The van der Waals surface area contributed by atoms with Gasteiger partial charge in [0.15, 0.2) is 5.11 Å². The van der Waals surface area contributed by atoms with E-state index >= 15 is 0 Å². The van der Waals surface area contributed by atoms with Gasteiger partial charge in [0.2, 0.25) is 0 Å². The number of fused-ring (bicyclic) bond motifs is 1. The molecule has 1 heterocycles. The van der Waals surface area contributed by atoms with E-state index in [1.807, 2.05) is 49.4 Å². The number of nitrogens with zero attached hydrogens (tertiary/aromatic N) is 1. The molecule has 1 aliphatic rings. The number of benzene rings is 2. The molecule has 0 spiro atoms. The summed E-state index contributed by atoms with van der Waals surface area (Å²) in [6, 6.07) is 13.6. The summed E-state index contributed by atoms with van der Waals surface area (Å²) in [5.74, 6) is -0.00338. The molecule has 0 unspecified atom stereocenters. The van der Waals surface area contributed by atoms with E-state index in [9.17, 15) is 4.79 Å². The second kappa shape index (κ2) is 4.07. The van der Waals surface area contributed by atoms with Crippen LogP contribution in [0.2, 0.25) is 0 Å². The number of amides is 1. The van der Waals surface area contributed by atoms with Crippen LogP contribution in [0.15, 0.2) is 42.5 Å². The van der Waals surface area contributed by atoms with E-state index in [2.05, 4.69) is 5.32 Å². The van der Waals surface area contributed by atoms with Gasteiger partial charge in [0.1, 0.15) is 6.04 Å². The van der Waals surface area contributed by atoms with Crippen molar-refractivity contribution in [3.8, 4) is 0 Å². The summed E-state index contributed by atoms with van der Waals surface area (Å²) in [5, 5.41) is 5.60. The summed E-state index contributed by atoms with van der Waals surface area (Å²) in [6.45, 7) is 1.82. The van der Waals surface area contributed by atoms with Crippen LogP contribution in [0, 0.1) is 0 Å². The van der Waals surface area contributed by atoms with Gasteiger partial charge in [-0.1, -0.05) is 36.4 Å². The van der Waals surface area contributed by atoms with Gasteiger partial charge in [-0.3, -0.25) is 9.69 Å². The molecule has 1 aliphatic heterocycles. The standard InChI is InChI=1S/C14H12N2OS/c1-9-13(17)16(14(18)15-9)12-8-4-6-10-5-2-3-7-11(10)12/h2-9H,1H3,(H,15,18)/t9-/m1/s1. The van der Waals surface area contributed by atoms with Crippen LogP contribution in [0.5, 0.6) is 0 Å². The quantitative estimate of drug-likeness (QED) is 0.795. The van der Waals surface area contributed by atoms with Crippen molar-refractivity contribution in [3.63, 3.8) is 0 Å². The molecular formula is C14H12N2OS. The van der Waals surface area contributed by atoms with E-state index in [4.69, 9.17) is 12.2 Å². The van der Waals surface area contributed by atoms with Crippen LogP contribution in [-0.4, -0.2) is 17.1 Å². The second-order valence-corrected chi connectivity index (χ2v) is 4.73. The van der Waals surface area contributed by atoms with Crippen LogP contribution in [0.3, 0.4) is 0 Å². The molecule has 3 rings (SSSR count). The Labute approximate surface area is 110 Å². The van der Waals surface area contributed by atoms with E-state index in [0.717, 1.165) is 16.5 Å². The molecule has 2 aromatic carbocycles. The van der Waals surface area contributed by atoms with Crippen molar-refractivity contribution < 1.29 is 4.79 Å². The number of hydrogen-bond acceptors (Lipinski definition) is 2. The summed E-state index contributed by atoms with van der Waals surface area (Å²) in [4.78, 5) is 13.7. The Hall–Kier alpha value is -1.94. The predicted octanol–water partition coefficient (Wildman–Crippen LogP) is 2.45. The summed E-state index contributed by atoms with van der Waals surface area (Å²) in [5.41, 5.74) is 0.847. The Morgan fingerprint density at radius 1 is 1.17 bits per heavy atom. The van der Waals surface area contributed by atoms with Crippen molar-refractivity contribution >= 4 is 39.7 Å². The molecule has 1 N–H and O–H groups in total. The van der Waals surface area contributed by atoms with Gasteiger partial charge in [0.25, 0.3) is 5.91 Å². The molecule has 1 atom stereocenters. The SMILES string of the molecule is C[C@H]1NC(=S)N(c2cccc3ccccc23)C1=O. The van der Waals surface area contributed by atoms with Gasteiger partial charge in [-0.05, 0) is 30.6 Å². The Balaban J connectivity index is 2.21. The van der Waals surface area contributed by atoms with E-state index in [0.29, 0.717) is 5.11 Å². The van der Waals surface area contributed by atoms with Crippen LogP contribution in [0.25, 0.3) is 10.8 Å². The molecular weight excluding hydrogens is 244 g/mol. The maximum absolute atomic E-state index is 12.1. The maximum Gasteiger partial charge on any atom is 0.255 e. The van der Waals surface area contributed by atoms with Gasteiger partial charge in [-0.25, -0.2) is 0 Å². The van der Waals surface area contributed by atoms with Gasteiger partial charge >= 0.3 is 0 Å². The molecule has 1 saturated heterocycles. The molecule has 1 amide bonds. The maximum atomic E-state index is 12.1. The first-order valence-electron chi connectivity index (χ1n) is 5.81. The number of carbonyl (C=O) groups excluding carboxylic acids is 1. The lowest BCUT2D eigenvalue weighted by Crippen LogP contribution is -2.30. The Bertz CT molecular complexity index is 648. The van der Waals surface area contributed by atoms with Crippen molar-refractivity contribution in [2.75, 3.05) is 4.90 Å². The lowest BCUT2D eigenvalue weighted by atomic mass is 10.1. The van der Waals surface area contributed by atoms with E-state index in [1.54, 1.807) is 4.90 Å². The molecule has 18 heavy (non-hydrogen) atoms. The summed E-state index contributed by atoms with van der Waals surface area (Å²) in [6.07, 6.45) is 0. The van der Waals surface area contributed by atoms with Gasteiger partial charge in [0.05, 0.1) is 5.69 Å². The third kappa shape index (κ3) is 1.57. The van der Waals surface area contributed by atoms with E-state index < -0.39 is 0 Å². The average molecular weight is 256 g/mol. The normalized spacial score (nSPS) is 19.4. The van der Waals surface area contributed by atoms with Gasteiger partial charge in [-0.2, -0.15) is 0 Å². The van der Waals surface area contributed by atoms with Crippen LogP contribution in [-0.2, 0) is 4.79 Å². The molecule has 3 nitrogen and oxygen atoms in total. The zero-order valence-corrected chi connectivity index (χ0v) is 10.7. The Morgan fingerprint density at radius 3 is 2.61 bits per heavy atom. The van der Waals surface area contributed by atoms with Crippen LogP contribution in [0.4, 0.5) is 5.69 Å². The lowest BCUT2D eigenvalue weighted by molar-refractivity contribution is -0.117. The minimum Gasteiger partial charge on any atom is -0.350 e. The highest BCUT2D eigenvalue weighted by Crippen LogP contribution is 2.28. The van der Waals surface area contributed by atoms with Crippen molar-refractivity contribution in [2.24, 2.45) is 0 Å². The highest BCUT2D eigenvalue weighted by molar-refractivity contribution is 7.80. The molecule has 90 valence electrons. The molecule has 0 bridgehead atoms. The molecule has 2 aromatic rings. The van der Waals surface area contributed by atoms with Crippen LogP contribution >= 0.6 is 12.2 Å². The fourth-order valence-corrected chi connectivity index (χ4v) is 2.60. The third-order valence-corrected chi connectivity index (χ3v) is 3.44. The summed E-state index contributed by atoms with van der Waals surface area (Å²) >= 11 is 5.23. The smallest absolute Gasteiger partial charge is 0.255 e.